The van der Waals surface area contributed by atoms with Gasteiger partial charge in [0.15, 0.2) is 0 Å². The molecule has 0 aromatic heterocycles. The molecule has 1 rings (SSSR count). The van der Waals surface area contributed by atoms with E-state index in [1.54, 1.807) is 5.32 Å². The fourth-order valence-electron chi connectivity index (χ4n) is 1.64. The molecule has 8 heteroatoms. The topological polar surface area (TPSA) is 75.6 Å². The van der Waals surface area contributed by atoms with Crippen LogP contribution in [0.25, 0.3) is 0 Å². The van der Waals surface area contributed by atoms with Crippen LogP contribution in [0.1, 0.15) is 12.8 Å². The van der Waals surface area contributed by atoms with E-state index < -0.39 is 30.0 Å². The van der Waals surface area contributed by atoms with Crippen LogP contribution in [0.2, 0.25) is 0 Å². The van der Waals surface area contributed by atoms with Gasteiger partial charge in [-0.05, 0) is 12.8 Å². The number of rotatable bonds is 2. The Morgan fingerprint density at radius 1 is 1.24 bits per heavy atom. The number of halogens is 3. The van der Waals surface area contributed by atoms with Gasteiger partial charge in [-0.3, -0.25) is 9.59 Å². The fourth-order valence-corrected chi connectivity index (χ4v) is 1.64. The van der Waals surface area contributed by atoms with E-state index in [1.165, 1.54) is 0 Å². The number of hydrogen-bond acceptors (Lipinski definition) is 3. The van der Waals surface area contributed by atoms with Crippen LogP contribution < -0.4 is 5.32 Å². The average molecular weight is 255 g/mol. The van der Waals surface area contributed by atoms with Crippen molar-refractivity contribution >= 4 is 11.9 Å². The number of ether oxygens (including phenoxy) is 1. The van der Waals surface area contributed by atoms with Crippen molar-refractivity contribution in [3.8, 4) is 0 Å². The van der Waals surface area contributed by atoms with Gasteiger partial charge in [-0.25, -0.2) is 0 Å². The third-order valence-corrected chi connectivity index (χ3v) is 2.52. The van der Waals surface area contributed by atoms with E-state index >= 15 is 0 Å². The lowest BCUT2D eigenvalue weighted by Crippen LogP contribution is -2.48. The molecule has 2 atom stereocenters. The Bertz CT molecular complexity index is 305. The van der Waals surface area contributed by atoms with Crippen molar-refractivity contribution in [3.05, 3.63) is 0 Å². The van der Waals surface area contributed by atoms with Crippen LogP contribution in [0.4, 0.5) is 13.2 Å². The van der Waals surface area contributed by atoms with Gasteiger partial charge in [-0.2, -0.15) is 13.2 Å². The highest BCUT2D eigenvalue weighted by atomic mass is 19.4. The van der Waals surface area contributed by atoms with Crippen LogP contribution in [-0.4, -0.2) is 42.4 Å². The van der Waals surface area contributed by atoms with Gasteiger partial charge in [0, 0.05) is 19.3 Å². The number of carbonyl (C=O) groups excluding carboxylic acids is 1. The highest BCUT2D eigenvalue weighted by Crippen LogP contribution is 2.20. The molecule has 0 aliphatic carbocycles. The van der Waals surface area contributed by atoms with Gasteiger partial charge in [0.25, 0.3) is 0 Å². The van der Waals surface area contributed by atoms with Crippen LogP contribution in [0.5, 0.6) is 0 Å². The quantitative estimate of drug-likeness (QED) is 0.755. The summed E-state index contributed by atoms with van der Waals surface area (Å²) in [6.45, 7) is 0.294. The Balaban J connectivity index is 2.70. The summed E-state index contributed by atoms with van der Waals surface area (Å²) in [5.41, 5.74) is 0. The van der Waals surface area contributed by atoms with Crippen LogP contribution in [-0.2, 0) is 14.3 Å². The van der Waals surface area contributed by atoms with E-state index in [4.69, 9.17) is 9.84 Å². The van der Waals surface area contributed by atoms with E-state index in [-0.39, 0.29) is 26.1 Å². The maximum Gasteiger partial charge on any atom is 0.471 e. The van der Waals surface area contributed by atoms with Crippen LogP contribution in [0.15, 0.2) is 0 Å². The van der Waals surface area contributed by atoms with Gasteiger partial charge in [-0.1, -0.05) is 0 Å². The Labute approximate surface area is 94.9 Å². The molecule has 0 bridgehead atoms. The molecule has 1 aliphatic rings. The molecule has 17 heavy (non-hydrogen) atoms. The predicted octanol–water partition coefficient (Wildman–Crippen LogP) is 0.545. The number of nitrogens with one attached hydrogen (secondary N) is 1. The first-order valence-corrected chi connectivity index (χ1v) is 5.00. The van der Waals surface area contributed by atoms with Gasteiger partial charge in [-0.15, -0.1) is 0 Å². The zero-order valence-corrected chi connectivity index (χ0v) is 8.79. The van der Waals surface area contributed by atoms with Gasteiger partial charge >= 0.3 is 18.1 Å². The molecule has 1 fully saturated rings. The SMILES string of the molecule is O=C(O)C1CCOCCC1NC(=O)C(F)(F)F. The first kappa shape index (κ1) is 13.8. The first-order valence-electron chi connectivity index (χ1n) is 5.00. The summed E-state index contributed by atoms with van der Waals surface area (Å²) in [5, 5.41) is 10.6. The molecule has 1 aliphatic heterocycles. The van der Waals surface area contributed by atoms with Crippen LogP contribution in [0, 0.1) is 5.92 Å². The van der Waals surface area contributed by atoms with E-state index in [2.05, 4.69) is 0 Å². The molecule has 0 radical (unpaired) electrons. The minimum atomic E-state index is -5.00. The van der Waals surface area contributed by atoms with Crippen molar-refractivity contribution < 1.29 is 32.6 Å². The number of aliphatic carboxylic acids is 1. The maximum atomic E-state index is 12.0. The molecule has 5 nitrogen and oxygen atoms in total. The van der Waals surface area contributed by atoms with E-state index in [9.17, 15) is 22.8 Å². The number of carbonyl (C=O) groups is 2. The van der Waals surface area contributed by atoms with Crippen molar-refractivity contribution in [1.29, 1.82) is 0 Å². The monoisotopic (exact) mass is 255 g/mol. The van der Waals surface area contributed by atoms with Crippen molar-refractivity contribution in [3.63, 3.8) is 0 Å². The van der Waals surface area contributed by atoms with E-state index in [1.807, 2.05) is 0 Å². The Hall–Kier alpha value is -1.31. The average Bonchev–Trinajstić information content (AvgIpc) is 2.41. The highest BCUT2D eigenvalue weighted by molar-refractivity contribution is 5.82. The zero-order valence-electron chi connectivity index (χ0n) is 8.79. The normalized spacial score (nSPS) is 26.1. The first-order chi connectivity index (χ1) is 7.82. The summed E-state index contributed by atoms with van der Waals surface area (Å²) in [6, 6.07) is -1.05. The Morgan fingerprint density at radius 3 is 2.35 bits per heavy atom. The minimum Gasteiger partial charge on any atom is -0.481 e. The van der Waals surface area contributed by atoms with Crippen molar-refractivity contribution in [2.45, 2.75) is 25.1 Å². The second-order valence-electron chi connectivity index (χ2n) is 3.71. The van der Waals surface area contributed by atoms with Crippen molar-refractivity contribution in [1.82, 2.24) is 5.32 Å². The minimum absolute atomic E-state index is 0.0544. The summed E-state index contributed by atoms with van der Waals surface area (Å²) in [6.07, 6.45) is -4.87. The lowest BCUT2D eigenvalue weighted by atomic mass is 9.95. The molecule has 98 valence electrons. The Kier molecular flexibility index (Phi) is 4.33. The standard InChI is InChI=1S/C9H12F3NO4/c10-9(11,12)8(16)13-6-2-4-17-3-1-5(6)7(14)15/h5-6H,1-4H2,(H,13,16)(H,14,15). The largest absolute Gasteiger partial charge is 0.481 e. The van der Waals surface area contributed by atoms with Gasteiger partial charge < -0.3 is 15.2 Å². The molecule has 1 amide bonds. The third-order valence-electron chi connectivity index (χ3n) is 2.52. The number of hydrogen-bond donors (Lipinski definition) is 2. The maximum absolute atomic E-state index is 12.0. The molecule has 1 heterocycles. The van der Waals surface area contributed by atoms with Gasteiger partial charge in [0.05, 0.1) is 5.92 Å². The van der Waals surface area contributed by atoms with Crippen LogP contribution in [0.3, 0.4) is 0 Å². The zero-order chi connectivity index (χ0) is 13.1. The summed E-state index contributed by atoms with van der Waals surface area (Å²) >= 11 is 0. The third kappa shape index (κ3) is 3.88. The summed E-state index contributed by atoms with van der Waals surface area (Å²) in [7, 11) is 0. The summed E-state index contributed by atoms with van der Waals surface area (Å²) in [4.78, 5) is 21.6. The smallest absolute Gasteiger partial charge is 0.471 e. The summed E-state index contributed by atoms with van der Waals surface area (Å²) < 4.78 is 41.1. The predicted molar refractivity (Wildman–Crippen MR) is 49.2 cm³/mol. The lowest BCUT2D eigenvalue weighted by molar-refractivity contribution is -0.175. The number of carboxylic acids is 1. The molecule has 0 saturated carbocycles. The molecular formula is C9H12F3NO4. The number of alkyl halides is 3. The molecular weight excluding hydrogens is 243 g/mol. The molecule has 0 aromatic rings. The fraction of sp³-hybridized carbons (Fsp3) is 0.778. The Morgan fingerprint density at radius 2 is 1.82 bits per heavy atom. The van der Waals surface area contributed by atoms with Gasteiger partial charge in [0.1, 0.15) is 0 Å². The molecule has 0 spiro atoms. The highest BCUT2D eigenvalue weighted by Gasteiger charge is 2.42. The van der Waals surface area contributed by atoms with Crippen molar-refractivity contribution in [2.24, 2.45) is 5.92 Å². The molecule has 2 unspecified atom stereocenters. The molecule has 2 N–H and O–H groups in total. The number of amides is 1. The van der Waals surface area contributed by atoms with Crippen LogP contribution >= 0.6 is 0 Å². The number of carboxylic acid groups (broad SMARTS) is 1. The second-order valence-corrected chi connectivity index (χ2v) is 3.71. The molecule has 1 saturated heterocycles. The molecule has 0 aromatic carbocycles. The lowest BCUT2D eigenvalue weighted by Gasteiger charge is -2.22. The van der Waals surface area contributed by atoms with Crippen molar-refractivity contribution in [2.75, 3.05) is 13.2 Å². The van der Waals surface area contributed by atoms with E-state index in [0.717, 1.165) is 0 Å². The summed E-state index contributed by atoms with van der Waals surface area (Å²) in [5.74, 6) is -4.40. The second kappa shape index (κ2) is 5.35. The van der Waals surface area contributed by atoms with Gasteiger partial charge in [0.2, 0.25) is 0 Å². The van der Waals surface area contributed by atoms with E-state index in [0.29, 0.717) is 0 Å².